The van der Waals surface area contributed by atoms with E-state index >= 15 is 0 Å². The highest BCUT2D eigenvalue weighted by Crippen LogP contribution is 2.30. The summed E-state index contributed by atoms with van der Waals surface area (Å²) in [6.07, 6.45) is 2.22. The molecule has 4 rings (SSSR count). The van der Waals surface area contributed by atoms with Crippen LogP contribution in [-0.4, -0.2) is 36.1 Å². The number of methoxy groups -OCH3 is 2. The fraction of sp³-hybridized carbons (Fsp3) is 0.227. The number of rotatable bonds is 7. The molecule has 1 amide bonds. The summed E-state index contributed by atoms with van der Waals surface area (Å²) >= 11 is 0. The second-order valence-corrected chi connectivity index (χ2v) is 6.77. The molecule has 2 N–H and O–H groups in total. The molecule has 0 atom stereocenters. The number of amides is 1. The van der Waals surface area contributed by atoms with Crippen LogP contribution in [0.15, 0.2) is 54.6 Å². The molecule has 0 aliphatic heterocycles. The zero-order valence-corrected chi connectivity index (χ0v) is 16.3. The van der Waals surface area contributed by atoms with E-state index in [-0.39, 0.29) is 11.6 Å². The lowest BCUT2D eigenvalue weighted by Gasteiger charge is -2.12. The summed E-state index contributed by atoms with van der Waals surface area (Å²) in [6, 6.07) is 16.9. The average Bonchev–Trinajstić information content (AvgIpc) is 3.58. The number of hydrogen-bond acceptors (Lipinski definition) is 6. The third kappa shape index (κ3) is 4.45. The quantitative estimate of drug-likeness (QED) is 0.635. The van der Waals surface area contributed by atoms with Crippen molar-refractivity contribution in [3.05, 3.63) is 60.3 Å². The number of carbonyl (C=O) groups excluding carboxylic acids is 1. The number of aromatic nitrogens is 2. The highest BCUT2D eigenvalue weighted by molar-refractivity contribution is 6.03. The first kappa shape index (κ1) is 18.7. The van der Waals surface area contributed by atoms with E-state index < -0.39 is 0 Å². The summed E-state index contributed by atoms with van der Waals surface area (Å²) in [4.78, 5) is 22.0. The van der Waals surface area contributed by atoms with E-state index in [1.807, 2.05) is 30.3 Å². The van der Waals surface area contributed by atoms with E-state index in [9.17, 15) is 4.79 Å². The van der Waals surface area contributed by atoms with Gasteiger partial charge in [0.05, 0.1) is 14.2 Å². The molecule has 1 heterocycles. The second-order valence-electron chi connectivity index (χ2n) is 6.77. The number of anilines is 2. The largest absolute Gasteiger partial charge is 0.493 e. The van der Waals surface area contributed by atoms with Gasteiger partial charge in [-0.15, -0.1) is 0 Å². The Morgan fingerprint density at radius 1 is 0.966 bits per heavy atom. The highest BCUT2D eigenvalue weighted by Gasteiger charge is 2.23. The van der Waals surface area contributed by atoms with Gasteiger partial charge in [-0.1, -0.05) is 30.3 Å². The molecule has 0 saturated heterocycles. The van der Waals surface area contributed by atoms with Gasteiger partial charge in [0.25, 0.3) is 5.91 Å². The number of nitrogens with one attached hydrogen (secondary N) is 2. The van der Waals surface area contributed by atoms with E-state index in [2.05, 4.69) is 20.6 Å². The minimum atomic E-state index is -0.323. The van der Waals surface area contributed by atoms with Crippen LogP contribution in [0.3, 0.4) is 0 Å². The topological polar surface area (TPSA) is 85.4 Å². The van der Waals surface area contributed by atoms with Crippen LogP contribution in [-0.2, 0) is 0 Å². The average molecular weight is 390 g/mol. The Kier molecular flexibility index (Phi) is 5.29. The minimum absolute atomic E-state index is 0.289. The van der Waals surface area contributed by atoms with Gasteiger partial charge in [-0.3, -0.25) is 4.79 Å². The van der Waals surface area contributed by atoms with Crippen molar-refractivity contribution < 1.29 is 14.3 Å². The molecule has 0 bridgehead atoms. The molecule has 1 aromatic heterocycles. The van der Waals surface area contributed by atoms with Crippen LogP contribution < -0.4 is 20.1 Å². The highest BCUT2D eigenvalue weighted by atomic mass is 16.5. The lowest BCUT2D eigenvalue weighted by molar-refractivity contribution is 0.102. The van der Waals surface area contributed by atoms with E-state index in [4.69, 9.17) is 9.47 Å². The van der Waals surface area contributed by atoms with Crippen LogP contribution in [0, 0.1) is 0 Å². The fourth-order valence-electron chi connectivity index (χ4n) is 2.90. The maximum absolute atomic E-state index is 12.9. The normalized spacial score (nSPS) is 12.9. The van der Waals surface area contributed by atoms with Gasteiger partial charge in [0.2, 0.25) is 0 Å². The summed E-state index contributed by atoms with van der Waals surface area (Å²) < 4.78 is 10.5. The van der Waals surface area contributed by atoms with Crippen molar-refractivity contribution in [3.8, 4) is 22.9 Å². The summed E-state index contributed by atoms with van der Waals surface area (Å²) in [6.45, 7) is 0. The van der Waals surface area contributed by atoms with Gasteiger partial charge in [-0.2, -0.15) is 0 Å². The van der Waals surface area contributed by atoms with Crippen molar-refractivity contribution in [3.63, 3.8) is 0 Å². The smallest absolute Gasteiger partial charge is 0.274 e. The second kappa shape index (κ2) is 8.18. The Balaban J connectivity index is 1.63. The Morgan fingerprint density at radius 2 is 1.72 bits per heavy atom. The predicted octanol–water partition coefficient (Wildman–Crippen LogP) is 3.99. The number of carbonyl (C=O) groups is 1. The Bertz CT molecular complexity index is 1020. The summed E-state index contributed by atoms with van der Waals surface area (Å²) in [5.41, 5.74) is 1.73. The van der Waals surface area contributed by atoms with Gasteiger partial charge in [0.15, 0.2) is 17.3 Å². The lowest BCUT2D eigenvalue weighted by Crippen LogP contribution is -2.16. The van der Waals surface area contributed by atoms with E-state index in [0.717, 1.165) is 18.4 Å². The van der Waals surface area contributed by atoms with Gasteiger partial charge in [0, 0.05) is 29.4 Å². The van der Waals surface area contributed by atoms with E-state index in [1.54, 1.807) is 38.5 Å². The summed E-state index contributed by atoms with van der Waals surface area (Å²) in [7, 11) is 3.12. The van der Waals surface area contributed by atoms with Gasteiger partial charge in [-0.25, -0.2) is 9.97 Å². The zero-order chi connectivity index (χ0) is 20.2. The molecular formula is C22H22N4O3. The monoisotopic (exact) mass is 390 g/mol. The molecule has 1 aliphatic carbocycles. The van der Waals surface area contributed by atoms with Gasteiger partial charge in [0.1, 0.15) is 11.5 Å². The number of hydrogen-bond donors (Lipinski definition) is 2. The summed E-state index contributed by atoms with van der Waals surface area (Å²) in [5.74, 6) is 1.96. The standard InChI is InChI=1S/C22H22N4O3/c1-28-18-11-10-16(12-19(18)29-2)24-22(27)17-13-20(23-15-8-9-15)26-21(25-17)14-6-4-3-5-7-14/h3-7,10-13,15H,8-9H2,1-2H3,(H,24,27)(H,23,25,26). The molecular weight excluding hydrogens is 368 g/mol. The van der Waals surface area contributed by atoms with Crippen molar-refractivity contribution in [1.82, 2.24) is 9.97 Å². The molecule has 3 aromatic rings. The lowest BCUT2D eigenvalue weighted by atomic mass is 10.2. The van der Waals surface area contributed by atoms with E-state index in [1.165, 1.54) is 0 Å². The van der Waals surface area contributed by atoms with Gasteiger partial charge < -0.3 is 20.1 Å². The molecule has 1 saturated carbocycles. The third-order valence-corrected chi connectivity index (χ3v) is 4.56. The predicted molar refractivity (Wildman–Crippen MR) is 112 cm³/mol. The molecule has 1 aliphatic rings. The number of ether oxygens (including phenoxy) is 2. The first-order chi connectivity index (χ1) is 14.2. The Hall–Kier alpha value is -3.61. The molecule has 7 heteroatoms. The van der Waals surface area contributed by atoms with Crippen molar-refractivity contribution in [2.24, 2.45) is 0 Å². The first-order valence-electron chi connectivity index (χ1n) is 9.40. The maximum Gasteiger partial charge on any atom is 0.274 e. The Morgan fingerprint density at radius 3 is 2.41 bits per heavy atom. The van der Waals surface area contributed by atoms with Crippen LogP contribution in [0.1, 0.15) is 23.3 Å². The molecule has 0 unspecified atom stereocenters. The van der Waals surface area contributed by atoms with Gasteiger partial charge in [-0.05, 0) is 25.0 Å². The van der Waals surface area contributed by atoms with Crippen molar-refractivity contribution in [2.45, 2.75) is 18.9 Å². The van der Waals surface area contributed by atoms with Gasteiger partial charge >= 0.3 is 0 Å². The molecule has 0 spiro atoms. The molecule has 1 fully saturated rings. The minimum Gasteiger partial charge on any atom is -0.493 e. The van der Waals surface area contributed by atoms with E-state index in [0.29, 0.717) is 34.9 Å². The van der Waals surface area contributed by atoms with Crippen LogP contribution in [0.4, 0.5) is 11.5 Å². The number of nitrogens with zero attached hydrogens (tertiary/aromatic N) is 2. The molecule has 2 aromatic carbocycles. The van der Waals surface area contributed by atoms with Crippen molar-refractivity contribution >= 4 is 17.4 Å². The van der Waals surface area contributed by atoms with Crippen LogP contribution >= 0.6 is 0 Å². The first-order valence-corrected chi connectivity index (χ1v) is 9.40. The fourth-order valence-corrected chi connectivity index (χ4v) is 2.90. The van der Waals surface area contributed by atoms with Crippen molar-refractivity contribution in [1.29, 1.82) is 0 Å². The molecule has 0 radical (unpaired) electrons. The molecule has 7 nitrogen and oxygen atoms in total. The zero-order valence-electron chi connectivity index (χ0n) is 16.3. The summed E-state index contributed by atoms with van der Waals surface area (Å²) in [5, 5.41) is 6.22. The molecule has 29 heavy (non-hydrogen) atoms. The van der Waals surface area contributed by atoms with Crippen LogP contribution in [0.25, 0.3) is 11.4 Å². The Labute approximate surface area is 169 Å². The SMILES string of the molecule is COc1ccc(NC(=O)c2cc(NC3CC3)nc(-c3ccccc3)n2)cc1OC. The third-order valence-electron chi connectivity index (χ3n) is 4.56. The maximum atomic E-state index is 12.9. The molecule has 148 valence electrons. The van der Waals surface area contributed by atoms with Crippen molar-refractivity contribution in [2.75, 3.05) is 24.9 Å². The van der Waals surface area contributed by atoms with Crippen LogP contribution in [0.2, 0.25) is 0 Å². The van der Waals surface area contributed by atoms with Crippen LogP contribution in [0.5, 0.6) is 11.5 Å². The number of benzene rings is 2.